The van der Waals surface area contributed by atoms with Gasteiger partial charge in [0.15, 0.2) is 0 Å². The average Bonchev–Trinajstić information content (AvgIpc) is 3.08. The zero-order valence-corrected chi connectivity index (χ0v) is 23.0. The van der Waals surface area contributed by atoms with E-state index in [0.29, 0.717) is 0 Å². The second-order valence-corrected chi connectivity index (χ2v) is 10.7. The largest absolute Gasteiger partial charge is 0.248 e. The predicted octanol–water partition coefficient (Wildman–Crippen LogP) is 11.2. The first kappa shape index (κ1) is 24.3. The lowest BCUT2D eigenvalue weighted by atomic mass is 9.88. The fourth-order valence-electron chi connectivity index (χ4n) is 6.25. The van der Waals surface area contributed by atoms with E-state index in [4.69, 9.17) is 4.98 Å². The predicted molar refractivity (Wildman–Crippen MR) is 178 cm³/mol. The highest BCUT2D eigenvalue weighted by Gasteiger charge is 2.14. The third-order valence-corrected chi connectivity index (χ3v) is 8.29. The van der Waals surface area contributed by atoms with E-state index in [-0.39, 0.29) is 0 Å². The summed E-state index contributed by atoms with van der Waals surface area (Å²) in [6, 6.07) is 58.6. The maximum Gasteiger partial charge on any atom is 0.0709 e. The fraction of sp³-hybridized carbons (Fsp3) is 0. The lowest BCUT2D eigenvalue weighted by molar-refractivity contribution is 1.40. The van der Waals surface area contributed by atoms with Crippen molar-refractivity contribution in [2.45, 2.75) is 0 Å². The number of hydrogen-bond acceptors (Lipinski definition) is 1. The molecule has 8 rings (SSSR count). The molecule has 0 atom stereocenters. The molecule has 1 heterocycles. The van der Waals surface area contributed by atoms with Crippen molar-refractivity contribution in [1.82, 2.24) is 4.98 Å². The second-order valence-electron chi connectivity index (χ2n) is 10.7. The van der Waals surface area contributed by atoms with Crippen LogP contribution in [0, 0.1) is 0 Å². The van der Waals surface area contributed by atoms with Gasteiger partial charge in [-0.05, 0) is 73.1 Å². The molecule has 0 spiro atoms. The number of pyridine rings is 1. The van der Waals surface area contributed by atoms with Gasteiger partial charge in [0.05, 0.1) is 11.2 Å². The van der Waals surface area contributed by atoms with Gasteiger partial charge in [-0.1, -0.05) is 146 Å². The van der Waals surface area contributed by atoms with Gasteiger partial charge in [-0.25, -0.2) is 4.98 Å². The van der Waals surface area contributed by atoms with Crippen LogP contribution in [0.2, 0.25) is 0 Å². The summed E-state index contributed by atoms with van der Waals surface area (Å²) in [4.78, 5) is 4.95. The highest BCUT2D eigenvalue weighted by atomic mass is 14.7. The number of benzene rings is 7. The van der Waals surface area contributed by atoms with Crippen LogP contribution in [0.3, 0.4) is 0 Å². The van der Waals surface area contributed by atoms with Gasteiger partial charge in [0.2, 0.25) is 0 Å². The standard InChI is InChI=1S/C41H27N/c1-3-11-28(12-4-1)32-21-23-38(36-17-9-7-15-34(32)36)39-24-22-33(35-16-8-10-18-37(35)39)30-19-25-41-31(27-30)20-26-40(42-41)29-13-5-2-6-14-29/h1-27H. The molecule has 42 heavy (non-hydrogen) atoms. The van der Waals surface area contributed by atoms with E-state index in [2.05, 4.69) is 158 Å². The first-order valence-electron chi connectivity index (χ1n) is 14.4. The topological polar surface area (TPSA) is 12.9 Å². The number of nitrogens with zero attached hydrogens (tertiary/aromatic N) is 1. The first-order valence-corrected chi connectivity index (χ1v) is 14.4. The zero-order valence-electron chi connectivity index (χ0n) is 23.0. The maximum atomic E-state index is 4.95. The number of fused-ring (bicyclic) bond motifs is 3. The molecule has 0 saturated heterocycles. The molecule has 0 aliphatic rings. The van der Waals surface area contributed by atoms with Gasteiger partial charge in [-0.3, -0.25) is 0 Å². The maximum absolute atomic E-state index is 4.95. The Kier molecular flexibility index (Phi) is 5.86. The normalized spacial score (nSPS) is 11.3. The highest BCUT2D eigenvalue weighted by molar-refractivity contribution is 6.12. The fourth-order valence-corrected chi connectivity index (χ4v) is 6.25. The molecule has 196 valence electrons. The summed E-state index contributed by atoms with van der Waals surface area (Å²) in [5.74, 6) is 0. The van der Waals surface area contributed by atoms with Crippen LogP contribution in [0.4, 0.5) is 0 Å². The number of hydrogen-bond donors (Lipinski definition) is 0. The van der Waals surface area contributed by atoms with Gasteiger partial charge < -0.3 is 0 Å². The van der Waals surface area contributed by atoms with Gasteiger partial charge in [0.1, 0.15) is 0 Å². The summed E-state index contributed by atoms with van der Waals surface area (Å²) in [5.41, 5.74) is 10.6. The Bertz CT molecular complexity index is 2230. The summed E-state index contributed by atoms with van der Waals surface area (Å²) < 4.78 is 0. The Labute approximate surface area is 245 Å². The Morgan fingerprint density at radius 1 is 0.310 bits per heavy atom. The number of aromatic nitrogens is 1. The molecule has 0 N–H and O–H groups in total. The van der Waals surface area contributed by atoms with Gasteiger partial charge >= 0.3 is 0 Å². The molecule has 7 aromatic carbocycles. The van der Waals surface area contributed by atoms with Crippen molar-refractivity contribution in [2.75, 3.05) is 0 Å². The van der Waals surface area contributed by atoms with Gasteiger partial charge in [0, 0.05) is 10.9 Å². The van der Waals surface area contributed by atoms with Crippen molar-refractivity contribution >= 4 is 32.4 Å². The molecule has 1 aromatic heterocycles. The van der Waals surface area contributed by atoms with E-state index in [0.717, 1.165) is 22.2 Å². The Morgan fingerprint density at radius 3 is 1.38 bits per heavy atom. The summed E-state index contributed by atoms with van der Waals surface area (Å²) >= 11 is 0. The van der Waals surface area contributed by atoms with Gasteiger partial charge in [-0.15, -0.1) is 0 Å². The second kappa shape index (κ2) is 10.1. The molecular formula is C41H27N. The minimum atomic E-state index is 0.996. The summed E-state index contributed by atoms with van der Waals surface area (Å²) in [5, 5.41) is 6.18. The van der Waals surface area contributed by atoms with Crippen molar-refractivity contribution in [1.29, 1.82) is 0 Å². The Morgan fingerprint density at radius 2 is 0.786 bits per heavy atom. The lowest BCUT2D eigenvalue weighted by Gasteiger charge is -2.16. The van der Waals surface area contributed by atoms with Crippen LogP contribution in [0.25, 0.3) is 77.1 Å². The van der Waals surface area contributed by atoms with E-state index >= 15 is 0 Å². The zero-order chi connectivity index (χ0) is 27.9. The van der Waals surface area contributed by atoms with Crippen LogP contribution >= 0.6 is 0 Å². The van der Waals surface area contributed by atoms with Crippen LogP contribution in [-0.4, -0.2) is 4.98 Å². The molecule has 1 heteroatoms. The van der Waals surface area contributed by atoms with Gasteiger partial charge in [0.25, 0.3) is 0 Å². The molecule has 8 aromatic rings. The summed E-state index contributed by atoms with van der Waals surface area (Å²) in [6.07, 6.45) is 0. The monoisotopic (exact) mass is 533 g/mol. The summed E-state index contributed by atoms with van der Waals surface area (Å²) in [6.45, 7) is 0. The molecule has 0 bridgehead atoms. The van der Waals surface area contributed by atoms with E-state index in [9.17, 15) is 0 Å². The lowest BCUT2D eigenvalue weighted by Crippen LogP contribution is -1.90. The molecule has 1 nitrogen and oxygen atoms in total. The Balaban J connectivity index is 1.26. The smallest absolute Gasteiger partial charge is 0.0709 e. The molecular weight excluding hydrogens is 506 g/mol. The van der Waals surface area contributed by atoms with E-state index in [1.54, 1.807) is 0 Å². The average molecular weight is 534 g/mol. The SMILES string of the molecule is c1ccc(-c2ccc3cc(-c4ccc(-c5ccc(-c6ccccc6)c6ccccc56)c5ccccc45)ccc3n2)cc1. The van der Waals surface area contributed by atoms with E-state index in [1.165, 1.54) is 54.9 Å². The van der Waals surface area contributed by atoms with Crippen molar-refractivity contribution < 1.29 is 0 Å². The number of rotatable bonds is 4. The summed E-state index contributed by atoms with van der Waals surface area (Å²) in [7, 11) is 0. The van der Waals surface area contributed by atoms with Crippen molar-refractivity contribution in [3.8, 4) is 44.6 Å². The third-order valence-electron chi connectivity index (χ3n) is 8.29. The molecule has 0 aliphatic carbocycles. The van der Waals surface area contributed by atoms with Gasteiger partial charge in [-0.2, -0.15) is 0 Å². The van der Waals surface area contributed by atoms with Crippen LogP contribution in [0.1, 0.15) is 0 Å². The molecule has 0 aliphatic heterocycles. The molecule has 0 radical (unpaired) electrons. The minimum Gasteiger partial charge on any atom is -0.248 e. The first-order chi connectivity index (χ1) is 20.8. The van der Waals surface area contributed by atoms with E-state index < -0.39 is 0 Å². The molecule has 0 fully saturated rings. The molecule has 0 unspecified atom stereocenters. The van der Waals surface area contributed by atoms with Crippen molar-refractivity contribution in [3.63, 3.8) is 0 Å². The van der Waals surface area contributed by atoms with Crippen LogP contribution < -0.4 is 0 Å². The van der Waals surface area contributed by atoms with Crippen molar-refractivity contribution in [2.24, 2.45) is 0 Å². The highest BCUT2D eigenvalue weighted by Crippen LogP contribution is 2.41. The molecule has 0 amide bonds. The Hall–Kier alpha value is -5.53. The van der Waals surface area contributed by atoms with Crippen LogP contribution in [0.5, 0.6) is 0 Å². The molecule has 0 saturated carbocycles. The van der Waals surface area contributed by atoms with Crippen molar-refractivity contribution in [3.05, 3.63) is 164 Å². The van der Waals surface area contributed by atoms with Crippen LogP contribution in [0.15, 0.2) is 164 Å². The minimum absolute atomic E-state index is 0.996. The third kappa shape index (κ3) is 4.15. The van der Waals surface area contributed by atoms with Crippen LogP contribution in [-0.2, 0) is 0 Å². The van der Waals surface area contributed by atoms with E-state index in [1.807, 2.05) is 6.07 Å². The quantitative estimate of drug-likeness (QED) is 0.219.